The highest BCUT2D eigenvalue weighted by molar-refractivity contribution is 14.0. The van der Waals surface area contributed by atoms with E-state index in [1.54, 1.807) is 0 Å². The minimum atomic E-state index is 0. The predicted octanol–water partition coefficient (Wildman–Crippen LogP) is 3.03. The third-order valence-corrected chi connectivity index (χ3v) is 5.93. The SMILES string of the molecule is CCNC(=NCC1CCSCC1)NC1CN(C(C)C)CC1C.I. The quantitative estimate of drug-likeness (QED) is 0.381. The maximum atomic E-state index is 4.87. The van der Waals surface area contributed by atoms with Crippen LogP contribution >= 0.6 is 35.7 Å². The van der Waals surface area contributed by atoms with Crippen molar-refractivity contribution in [3.05, 3.63) is 0 Å². The molecule has 0 radical (unpaired) electrons. The monoisotopic (exact) mass is 454 g/mol. The lowest BCUT2D eigenvalue weighted by molar-refractivity contribution is 0.265. The van der Waals surface area contributed by atoms with Crippen molar-refractivity contribution in [2.45, 2.75) is 52.6 Å². The van der Waals surface area contributed by atoms with Crippen LogP contribution < -0.4 is 10.6 Å². The van der Waals surface area contributed by atoms with Gasteiger partial charge >= 0.3 is 0 Å². The number of halogens is 1. The Morgan fingerprint density at radius 1 is 1.26 bits per heavy atom. The van der Waals surface area contributed by atoms with Crippen molar-refractivity contribution in [3.8, 4) is 0 Å². The molecule has 2 aliphatic rings. The Morgan fingerprint density at radius 2 is 1.96 bits per heavy atom. The fourth-order valence-electron chi connectivity index (χ4n) is 3.26. The summed E-state index contributed by atoms with van der Waals surface area (Å²) in [7, 11) is 0. The topological polar surface area (TPSA) is 39.7 Å². The maximum absolute atomic E-state index is 4.87. The van der Waals surface area contributed by atoms with Crippen LogP contribution in [0.1, 0.15) is 40.5 Å². The van der Waals surface area contributed by atoms with E-state index in [0.29, 0.717) is 18.0 Å². The van der Waals surface area contributed by atoms with Gasteiger partial charge in [-0.3, -0.25) is 9.89 Å². The Morgan fingerprint density at radius 3 is 2.52 bits per heavy atom. The van der Waals surface area contributed by atoms with Crippen molar-refractivity contribution in [3.63, 3.8) is 0 Å². The number of hydrogen-bond donors (Lipinski definition) is 2. The standard InChI is InChI=1S/C17H34N4S.HI/c1-5-18-17(19-10-15-6-8-22-9-7-15)20-16-12-21(13(2)3)11-14(16)4;/h13-16H,5-12H2,1-4H3,(H2,18,19,20);1H. The number of nitrogens with zero attached hydrogens (tertiary/aromatic N) is 2. The largest absolute Gasteiger partial charge is 0.357 e. The van der Waals surface area contributed by atoms with Gasteiger partial charge in [0.15, 0.2) is 5.96 Å². The van der Waals surface area contributed by atoms with E-state index < -0.39 is 0 Å². The van der Waals surface area contributed by atoms with Gasteiger partial charge in [-0.05, 0) is 57.0 Å². The first-order valence-electron chi connectivity index (χ1n) is 8.96. The average Bonchev–Trinajstić information content (AvgIpc) is 2.87. The summed E-state index contributed by atoms with van der Waals surface area (Å²) in [6.07, 6.45) is 2.66. The molecule has 0 saturated carbocycles. The molecular weight excluding hydrogens is 419 g/mol. The second-order valence-electron chi connectivity index (χ2n) is 7.05. The molecule has 2 aliphatic heterocycles. The Hall–Kier alpha value is 0.310. The first-order chi connectivity index (χ1) is 10.6. The second-order valence-corrected chi connectivity index (χ2v) is 8.28. The zero-order valence-electron chi connectivity index (χ0n) is 15.2. The van der Waals surface area contributed by atoms with Crippen LogP contribution in [0.25, 0.3) is 0 Å². The molecular formula is C17H35IN4S. The van der Waals surface area contributed by atoms with Crippen molar-refractivity contribution in [2.75, 3.05) is 37.7 Å². The number of nitrogens with one attached hydrogen (secondary N) is 2. The number of rotatable bonds is 5. The van der Waals surface area contributed by atoms with E-state index in [-0.39, 0.29) is 24.0 Å². The van der Waals surface area contributed by atoms with Crippen LogP contribution in [0.5, 0.6) is 0 Å². The summed E-state index contributed by atoms with van der Waals surface area (Å²) in [5.41, 5.74) is 0. The minimum absolute atomic E-state index is 0. The molecule has 2 saturated heterocycles. The molecule has 136 valence electrons. The third kappa shape index (κ3) is 6.98. The molecule has 2 N–H and O–H groups in total. The molecule has 0 aromatic heterocycles. The fraction of sp³-hybridized carbons (Fsp3) is 0.941. The van der Waals surface area contributed by atoms with Gasteiger partial charge in [0.25, 0.3) is 0 Å². The van der Waals surface area contributed by atoms with Crippen LogP contribution in [0.2, 0.25) is 0 Å². The molecule has 2 heterocycles. The highest BCUT2D eigenvalue weighted by atomic mass is 127. The van der Waals surface area contributed by atoms with Gasteiger partial charge in [0.2, 0.25) is 0 Å². The molecule has 0 aliphatic carbocycles. The molecule has 2 unspecified atom stereocenters. The average molecular weight is 454 g/mol. The number of likely N-dealkylation sites (tertiary alicyclic amines) is 1. The highest BCUT2D eigenvalue weighted by Gasteiger charge is 2.31. The molecule has 23 heavy (non-hydrogen) atoms. The van der Waals surface area contributed by atoms with E-state index in [0.717, 1.165) is 31.5 Å². The normalized spacial score (nSPS) is 27.1. The molecule has 0 amide bonds. The van der Waals surface area contributed by atoms with Crippen molar-refractivity contribution in [1.29, 1.82) is 0 Å². The Kier molecular flexibility index (Phi) is 10.2. The van der Waals surface area contributed by atoms with Crippen molar-refractivity contribution >= 4 is 41.7 Å². The van der Waals surface area contributed by atoms with Gasteiger partial charge in [0.05, 0.1) is 0 Å². The molecule has 0 spiro atoms. The zero-order chi connectivity index (χ0) is 15.9. The molecule has 2 atom stereocenters. The van der Waals surface area contributed by atoms with Crippen molar-refractivity contribution < 1.29 is 0 Å². The summed E-state index contributed by atoms with van der Waals surface area (Å²) in [5.74, 6) is 5.10. The molecule has 0 aromatic rings. The predicted molar refractivity (Wildman–Crippen MR) is 114 cm³/mol. The van der Waals surface area contributed by atoms with Gasteiger partial charge in [-0.15, -0.1) is 24.0 Å². The van der Waals surface area contributed by atoms with Gasteiger partial charge in [-0.1, -0.05) is 6.92 Å². The van der Waals surface area contributed by atoms with Crippen LogP contribution in [-0.4, -0.2) is 60.6 Å². The number of hydrogen-bond acceptors (Lipinski definition) is 3. The second kappa shape index (κ2) is 11.0. The van der Waals surface area contributed by atoms with Gasteiger partial charge < -0.3 is 10.6 Å². The first-order valence-corrected chi connectivity index (χ1v) is 10.1. The van der Waals surface area contributed by atoms with Crippen molar-refractivity contribution in [2.24, 2.45) is 16.8 Å². The van der Waals surface area contributed by atoms with E-state index in [2.05, 4.69) is 55.0 Å². The summed E-state index contributed by atoms with van der Waals surface area (Å²) in [5, 5.41) is 7.11. The molecule has 2 fully saturated rings. The van der Waals surface area contributed by atoms with E-state index in [9.17, 15) is 0 Å². The number of aliphatic imine (C=N–C) groups is 1. The fourth-order valence-corrected chi connectivity index (χ4v) is 4.46. The Labute approximate surface area is 164 Å². The summed E-state index contributed by atoms with van der Waals surface area (Å²) in [4.78, 5) is 7.43. The molecule has 2 rings (SSSR count). The van der Waals surface area contributed by atoms with Gasteiger partial charge in [-0.25, -0.2) is 0 Å². The van der Waals surface area contributed by atoms with Gasteiger partial charge in [0.1, 0.15) is 0 Å². The summed E-state index contributed by atoms with van der Waals surface area (Å²) in [6, 6.07) is 1.15. The smallest absolute Gasteiger partial charge is 0.191 e. The zero-order valence-corrected chi connectivity index (χ0v) is 18.3. The van der Waals surface area contributed by atoms with Crippen LogP contribution in [0.3, 0.4) is 0 Å². The summed E-state index contributed by atoms with van der Waals surface area (Å²) in [6.45, 7) is 13.3. The highest BCUT2D eigenvalue weighted by Crippen LogP contribution is 2.23. The van der Waals surface area contributed by atoms with E-state index in [1.165, 1.54) is 30.9 Å². The van der Waals surface area contributed by atoms with Crippen LogP contribution in [0.15, 0.2) is 4.99 Å². The first kappa shape index (κ1) is 21.4. The van der Waals surface area contributed by atoms with E-state index in [1.807, 2.05) is 0 Å². The Balaban J connectivity index is 0.00000264. The summed E-state index contributed by atoms with van der Waals surface area (Å²) < 4.78 is 0. The van der Waals surface area contributed by atoms with Crippen LogP contribution in [-0.2, 0) is 0 Å². The maximum Gasteiger partial charge on any atom is 0.191 e. The lowest BCUT2D eigenvalue weighted by Crippen LogP contribution is -2.47. The van der Waals surface area contributed by atoms with E-state index >= 15 is 0 Å². The van der Waals surface area contributed by atoms with Gasteiger partial charge in [-0.2, -0.15) is 11.8 Å². The third-order valence-electron chi connectivity index (χ3n) is 4.89. The lowest BCUT2D eigenvalue weighted by Gasteiger charge is -2.23. The van der Waals surface area contributed by atoms with Gasteiger partial charge in [0, 0.05) is 38.3 Å². The summed E-state index contributed by atoms with van der Waals surface area (Å²) >= 11 is 2.09. The number of thioether (sulfide) groups is 1. The van der Waals surface area contributed by atoms with Crippen molar-refractivity contribution in [1.82, 2.24) is 15.5 Å². The van der Waals surface area contributed by atoms with Crippen LogP contribution in [0.4, 0.5) is 0 Å². The minimum Gasteiger partial charge on any atom is -0.357 e. The molecule has 0 bridgehead atoms. The van der Waals surface area contributed by atoms with E-state index in [4.69, 9.17) is 4.99 Å². The number of guanidine groups is 1. The molecule has 0 aromatic carbocycles. The Bertz CT molecular complexity index is 359. The molecule has 4 nitrogen and oxygen atoms in total. The lowest BCUT2D eigenvalue weighted by atomic mass is 10.0. The van der Waals surface area contributed by atoms with Crippen LogP contribution in [0, 0.1) is 11.8 Å². The molecule has 6 heteroatoms.